The van der Waals surface area contributed by atoms with E-state index in [1.807, 2.05) is 18.2 Å². The van der Waals surface area contributed by atoms with Crippen molar-refractivity contribution in [3.63, 3.8) is 0 Å². The Labute approximate surface area is 142 Å². The predicted molar refractivity (Wildman–Crippen MR) is 83.3 cm³/mol. The van der Waals surface area contributed by atoms with E-state index in [2.05, 4.69) is 36.1 Å². The first-order chi connectivity index (χ1) is 11.4. The summed E-state index contributed by atoms with van der Waals surface area (Å²) >= 11 is 3.39. The van der Waals surface area contributed by atoms with E-state index in [4.69, 9.17) is 0 Å². The van der Waals surface area contributed by atoms with Crippen LogP contribution >= 0.6 is 15.9 Å². The standard InChI is InChI=1S/C14H10BrF3N6/c15-9-1-2-10-8(5-9)6-19-13(20-10)23-3-4-24-11(7-23)21-22-12(24)14(16,17)18/h1-2,5-6H,3-4,7H2. The number of anilines is 1. The Hall–Kier alpha value is -2.23. The van der Waals surface area contributed by atoms with Gasteiger partial charge >= 0.3 is 6.18 Å². The Morgan fingerprint density at radius 2 is 1.96 bits per heavy atom. The van der Waals surface area contributed by atoms with Gasteiger partial charge in [0, 0.05) is 29.1 Å². The second-order valence-electron chi connectivity index (χ2n) is 5.38. The highest BCUT2D eigenvalue weighted by molar-refractivity contribution is 9.10. The number of benzene rings is 1. The summed E-state index contributed by atoms with van der Waals surface area (Å²) in [7, 11) is 0. The van der Waals surface area contributed by atoms with Crippen LogP contribution in [0.5, 0.6) is 0 Å². The van der Waals surface area contributed by atoms with E-state index in [9.17, 15) is 13.2 Å². The molecule has 0 spiro atoms. The largest absolute Gasteiger partial charge is 0.451 e. The van der Waals surface area contributed by atoms with E-state index < -0.39 is 12.0 Å². The van der Waals surface area contributed by atoms with E-state index in [1.165, 1.54) is 0 Å². The van der Waals surface area contributed by atoms with Crippen molar-refractivity contribution >= 4 is 32.8 Å². The minimum atomic E-state index is -4.50. The zero-order valence-corrected chi connectivity index (χ0v) is 13.7. The number of hydrogen-bond donors (Lipinski definition) is 0. The van der Waals surface area contributed by atoms with Crippen molar-refractivity contribution in [2.45, 2.75) is 19.3 Å². The monoisotopic (exact) mass is 398 g/mol. The smallest absolute Gasteiger partial charge is 0.331 e. The molecule has 0 fully saturated rings. The molecule has 3 heterocycles. The van der Waals surface area contributed by atoms with E-state index in [0.717, 1.165) is 19.9 Å². The molecule has 1 aliphatic rings. The Morgan fingerprint density at radius 3 is 2.75 bits per heavy atom. The van der Waals surface area contributed by atoms with E-state index in [1.54, 1.807) is 11.1 Å². The summed E-state index contributed by atoms with van der Waals surface area (Å²) in [5.41, 5.74) is 0.770. The molecule has 1 aromatic carbocycles. The Bertz CT molecular complexity index is 923. The van der Waals surface area contributed by atoms with Crippen LogP contribution in [0.1, 0.15) is 11.6 Å². The summed E-state index contributed by atoms with van der Waals surface area (Å²) in [5.74, 6) is -0.234. The van der Waals surface area contributed by atoms with Crippen LogP contribution in [0.3, 0.4) is 0 Å². The van der Waals surface area contributed by atoms with Gasteiger partial charge in [-0.25, -0.2) is 9.97 Å². The highest BCUT2D eigenvalue weighted by Crippen LogP contribution is 2.30. The van der Waals surface area contributed by atoms with Gasteiger partial charge in [-0.2, -0.15) is 13.2 Å². The Balaban J connectivity index is 1.65. The van der Waals surface area contributed by atoms with Crippen LogP contribution in [0.2, 0.25) is 0 Å². The first-order valence-corrected chi connectivity index (χ1v) is 7.87. The fourth-order valence-corrected chi connectivity index (χ4v) is 3.06. The molecule has 0 atom stereocenters. The molecule has 0 saturated carbocycles. The van der Waals surface area contributed by atoms with Crippen LogP contribution in [0.4, 0.5) is 19.1 Å². The highest BCUT2D eigenvalue weighted by atomic mass is 79.9. The molecule has 0 saturated heterocycles. The normalized spacial score (nSPS) is 14.9. The average Bonchev–Trinajstić information content (AvgIpc) is 2.97. The lowest BCUT2D eigenvalue weighted by Gasteiger charge is -2.28. The maximum absolute atomic E-state index is 12.9. The molecular formula is C14H10BrF3N6. The van der Waals surface area contributed by atoms with Crippen LogP contribution in [-0.4, -0.2) is 31.3 Å². The minimum Gasteiger partial charge on any atom is -0.331 e. The quantitative estimate of drug-likeness (QED) is 0.630. The zero-order valence-electron chi connectivity index (χ0n) is 12.1. The first kappa shape index (κ1) is 15.3. The van der Waals surface area contributed by atoms with E-state index in [0.29, 0.717) is 12.5 Å². The van der Waals surface area contributed by atoms with Gasteiger partial charge in [0.1, 0.15) is 0 Å². The third-order valence-electron chi connectivity index (χ3n) is 3.82. The van der Waals surface area contributed by atoms with Gasteiger partial charge < -0.3 is 9.47 Å². The number of hydrogen-bond acceptors (Lipinski definition) is 5. The topological polar surface area (TPSA) is 59.7 Å². The summed E-state index contributed by atoms with van der Waals surface area (Å²) in [6.45, 7) is 0.681. The minimum absolute atomic E-state index is 0.138. The SMILES string of the molecule is FC(F)(F)c1nnc2n1CCN(c1ncc3cc(Br)ccc3n1)C2. The molecule has 0 unspecified atom stereocenters. The fourth-order valence-electron chi connectivity index (χ4n) is 2.68. The Morgan fingerprint density at radius 1 is 1.12 bits per heavy atom. The third-order valence-corrected chi connectivity index (χ3v) is 4.31. The number of aromatic nitrogens is 5. The number of halogens is 4. The predicted octanol–water partition coefficient (Wildman–Crippen LogP) is 3.02. The van der Waals surface area contributed by atoms with Crippen molar-refractivity contribution in [2.75, 3.05) is 11.4 Å². The second-order valence-corrected chi connectivity index (χ2v) is 6.30. The molecule has 124 valence electrons. The lowest BCUT2D eigenvalue weighted by molar-refractivity contribution is -0.147. The van der Waals surface area contributed by atoms with Crippen LogP contribution < -0.4 is 4.90 Å². The summed E-state index contributed by atoms with van der Waals surface area (Å²) in [6, 6.07) is 5.64. The molecule has 0 radical (unpaired) electrons. The van der Waals surface area contributed by atoms with Crippen molar-refractivity contribution in [3.8, 4) is 0 Å². The van der Waals surface area contributed by atoms with Gasteiger partial charge in [0.25, 0.3) is 0 Å². The molecule has 0 amide bonds. The molecule has 10 heteroatoms. The van der Waals surface area contributed by atoms with Crippen molar-refractivity contribution in [1.82, 2.24) is 24.7 Å². The van der Waals surface area contributed by atoms with Crippen molar-refractivity contribution < 1.29 is 13.2 Å². The molecular weight excluding hydrogens is 389 g/mol. The number of fused-ring (bicyclic) bond motifs is 2. The lowest BCUT2D eigenvalue weighted by atomic mass is 10.2. The van der Waals surface area contributed by atoms with Gasteiger partial charge in [-0.1, -0.05) is 15.9 Å². The maximum Gasteiger partial charge on any atom is 0.451 e. The molecule has 24 heavy (non-hydrogen) atoms. The summed E-state index contributed by atoms with van der Waals surface area (Å²) in [6.07, 6.45) is -2.80. The first-order valence-electron chi connectivity index (χ1n) is 7.08. The van der Waals surface area contributed by atoms with Gasteiger partial charge in [0.2, 0.25) is 11.8 Å². The fraction of sp³-hybridized carbons (Fsp3) is 0.286. The summed E-state index contributed by atoms with van der Waals surface area (Å²) in [5, 5.41) is 7.82. The number of rotatable bonds is 1. The lowest BCUT2D eigenvalue weighted by Crippen LogP contribution is -2.36. The number of alkyl halides is 3. The molecule has 0 aliphatic carbocycles. The van der Waals surface area contributed by atoms with Crippen LogP contribution in [-0.2, 0) is 19.3 Å². The van der Waals surface area contributed by atoms with Crippen molar-refractivity contribution in [3.05, 3.63) is 40.5 Å². The Kier molecular flexibility index (Phi) is 3.44. The van der Waals surface area contributed by atoms with E-state index in [-0.39, 0.29) is 18.9 Å². The van der Waals surface area contributed by atoms with Crippen molar-refractivity contribution in [2.24, 2.45) is 0 Å². The third kappa shape index (κ3) is 2.60. The number of nitrogens with zero attached hydrogens (tertiary/aromatic N) is 6. The molecule has 0 N–H and O–H groups in total. The molecule has 0 bridgehead atoms. The maximum atomic E-state index is 12.9. The van der Waals surface area contributed by atoms with Gasteiger partial charge in [-0.3, -0.25) is 0 Å². The van der Waals surface area contributed by atoms with Crippen molar-refractivity contribution in [1.29, 1.82) is 0 Å². The van der Waals surface area contributed by atoms with Crippen LogP contribution in [0.15, 0.2) is 28.9 Å². The highest BCUT2D eigenvalue weighted by Gasteiger charge is 2.39. The summed E-state index contributed by atoms with van der Waals surface area (Å²) < 4.78 is 40.6. The van der Waals surface area contributed by atoms with E-state index >= 15 is 0 Å². The summed E-state index contributed by atoms with van der Waals surface area (Å²) in [4.78, 5) is 10.6. The molecule has 2 aromatic heterocycles. The van der Waals surface area contributed by atoms with Crippen LogP contribution in [0, 0.1) is 0 Å². The van der Waals surface area contributed by atoms with Gasteiger partial charge in [0.05, 0.1) is 12.1 Å². The molecule has 1 aliphatic heterocycles. The molecule has 4 rings (SSSR count). The van der Waals surface area contributed by atoms with Gasteiger partial charge in [-0.15, -0.1) is 10.2 Å². The second kappa shape index (κ2) is 5.40. The molecule has 3 aromatic rings. The van der Waals surface area contributed by atoms with Gasteiger partial charge in [-0.05, 0) is 18.2 Å². The average molecular weight is 399 g/mol. The molecule has 6 nitrogen and oxygen atoms in total. The zero-order chi connectivity index (χ0) is 16.9. The van der Waals surface area contributed by atoms with Crippen LogP contribution in [0.25, 0.3) is 10.9 Å². The van der Waals surface area contributed by atoms with Gasteiger partial charge in [0.15, 0.2) is 5.82 Å².